The average molecular weight is 201 g/mol. The van der Waals surface area contributed by atoms with Gasteiger partial charge in [0.1, 0.15) is 0 Å². The molecule has 0 N–H and O–H groups in total. The molecule has 0 aliphatic heterocycles. The van der Waals surface area contributed by atoms with Crippen molar-refractivity contribution in [1.82, 2.24) is 4.98 Å². The lowest BCUT2D eigenvalue weighted by molar-refractivity contribution is 1.44. The minimum Gasteiger partial charge on any atom is -0.256 e. The Morgan fingerprint density at radius 2 is 2.06 bits per heavy atom. The normalized spacial score (nSPS) is 10.4. The minimum absolute atomic E-state index is 0.668. The van der Waals surface area contributed by atoms with Crippen LogP contribution in [0.2, 0.25) is 0 Å². The summed E-state index contributed by atoms with van der Waals surface area (Å²) in [5.41, 5.74) is 1.55. The summed E-state index contributed by atoms with van der Waals surface area (Å²) < 4.78 is 0. The summed E-state index contributed by atoms with van der Waals surface area (Å²) in [4.78, 5) is 4.37. The van der Waals surface area contributed by atoms with Gasteiger partial charge in [0.2, 0.25) is 0 Å². The molecular formula is C15H7N. The van der Waals surface area contributed by atoms with Gasteiger partial charge in [-0.15, -0.1) is 0 Å². The number of hydrogen-bond donors (Lipinski definition) is 0. The lowest BCUT2D eigenvalue weighted by Crippen LogP contribution is -1.85. The minimum atomic E-state index is 0.668. The molecule has 2 radical (unpaired) electrons. The van der Waals surface area contributed by atoms with Crippen LogP contribution in [0, 0.1) is 18.4 Å². The molecule has 0 atom stereocenters. The van der Waals surface area contributed by atoms with E-state index in [2.05, 4.69) is 17.0 Å². The molecule has 3 aromatic rings. The van der Waals surface area contributed by atoms with E-state index < -0.39 is 0 Å². The maximum Gasteiger partial charge on any atom is 0.0721 e. The van der Waals surface area contributed by atoms with Gasteiger partial charge in [-0.2, -0.15) is 0 Å². The molecule has 0 fully saturated rings. The van der Waals surface area contributed by atoms with Crippen molar-refractivity contribution in [1.29, 1.82) is 0 Å². The van der Waals surface area contributed by atoms with Crippen LogP contribution in [0.15, 0.2) is 42.6 Å². The lowest BCUT2D eigenvalue weighted by Gasteiger charge is -2.04. The van der Waals surface area contributed by atoms with Crippen LogP contribution in [0.4, 0.5) is 0 Å². The van der Waals surface area contributed by atoms with Gasteiger partial charge in [0.25, 0.3) is 0 Å². The smallest absolute Gasteiger partial charge is 0.0721 e. The summed E-state index contributed by atoms with van der Waals surface area (Å²) >= 11 is 0. The van der Waals surface area contributed by atoms with E-state index in [0.29, 0.717) is 5.56 Å². The van der Waals surface area contributed by atoms with E-state index in [1.807, 2.05) is 36.5 Å². The maximum atomic E-state index is 7.29. The summed E-state index contributed by atoms with van der Waals surface area (Å²) in [5, 5.41) is 3.13. The number of pyridine rings is 1. The Morgan fingerprint density at radius 1 is 1.19 bits per heavy atom. The molecular weight excluding hydrogens is 194 g/mol. The molecule has 3 rings (SSSR count). The molecule has 0 aliphatic carbocycles. The Morgan fingerprint density at radius 3 is 2.94 bits per heavy atom. The summed E-state index contributed by atoms with van der Waals surface area (Å²) in [6.45, 7) is 0. The fourth-order valence-electron chi connectivity index (χ4n) is 1.94. The molecule has 0 unspecified atom stereocenters. The molecule has 0 amide bonds. The highest BCUT2D eigenvalue weighted by Gasteiger charge is 2.04. The quantitative estimate of drug-likeness (QED) is 0.402. The van der Waals surface area contributed by atoms with Crippen molar-refractivity contribution in [2.75, 3.05) is 0 Å². The molecule has 1 aromatic heterocycles. The van der Waals surface area contributed by atoms with Crippen LogP contribution in [0.25, 0.3) is 21.7 Å². The number of nitrogens with zero attached hydrogens (tertiary/aromatic N) is 1. The monoisotopic (exact) mass is 201 g/mol. The SMILES string of the molecule is [C]#Cc1[c]ccc2ncc3ccccc3c12. The first-order chi connectivity index (χ1) is 7.90. The second-order valence-electron chi connectivity index (χ2n) is 3.58. The van der Waals surface area contributed by atoms with Crippen molar-refractivity contribution < 1.29 is 0 Å². The van der Waals surface area contributed by atoms with Crippen LogP contribution >= 0.6 is 0 Å². The molecule has 0 aliphatic rings. The van der Waals surface area contributed by atoms with Crippen molar-refractivity contribution in [2.45, 2.75) is 0 Å². The van der Waals surface area contributed by atoms with E-state index in [-0.39, 0.29) is 0 Å². The molecule has 1 nitrogen and oxygen atoms in total. The highest BCUT2D eigenvalue weighted by atomic mass is 14.6. The Kier molecular flexibility index (Phi) is 1.88. The third-order valence-electron chi connectivity index (χ3n) is 2.67. The van der Waals surface area contributed by atoms with Gasteiger partial charge >= 0.3 is 0 Å². The average Bonchev–Trinajstić information content (AvgIpc) is 2.37. The van der Waals surface area contributed by atoms with Gasteiger partial charge in [-0.3, -0.25) is 4.98 Å². The molecule has 0 saturated carbocycles. The van der Waals surface area contributed by atoms with Crippen molar-refractivity contribution in [3.8, 4) is 5.92 Å². The Balaban J connectivity index is 2.64. The van der Waals surface area contributed by atoms with Crippen LogP contribution in [0.1, 0.15) is 5.56 Å². The van der Waals surface area contributed by atoms with Crippen LogP contribution in [0.5, 0.6) is 0 Å². The Bertz CT molecular complexity index is 720. The van der Waals surface area contributed by atoms with Crippen LogP contribution in [-0.4, -0.2) is 4.98 Å². The van der Waals surface area contributed by atoms with E-state index >= 15 is 0 Å². The third-order valence-corrected chi connectivity index (χ3v) is 2.67. The fourth-order valence-corrected chi connectivity index (χ4v) is 1.94. The summed E-state index contributed by atoms with van der Waals surface area (Å²) in [5.74, 6) is 2.42. The summed E-state index contributed by atoms with van der Waals surface area (Å²) in [7, 11) is 0. The van der Waals surface area contributed by atoms with Gasteiger partial charge in [0, 0.05) is 22.5 Å². The summed E-state index contributed by atoms with van der Waals surface area (Å²) in [6.07, 6.45) is 9.14. The number of fused-ring (bicyclic) bond motifs is 3. The second kappa shape index (κ2) is 3.36. The predicted molar refractivity (Wildman–Crippen MR) is 64.3 cm³/mol. The van der Waals surface area contributed by atoms with Gasteiger partial charge in [0.05, 0.1) is 5.52 Å². The molecule has 0 saturated heterocycles. The zero-order valence-corrected chi connectivity index (χ0v) is 8.49. The third kappa shape index (κ3) is 1.17. The van der Waals surface area contributed by atoms with Crippen molar-refractivity contribution in [3.63, 3.8) is 0 Å². The van der Waals surface area contributed by atoms with Gasteiger partial charge < -0.3 is 0 Å². The van der Waals surface area contributed by atoms with Gasteiger partial charge in [-0.25, -0.2) is 0 Å². The molecule has 1 heterocycles. The largest absolute Gasteiger partial charge is 0.256 e. The first-order valence-electron chi connectivity index (χ1n) is 5.01. The van der Waals surface area contributed by atoms with Crippen molar-refractivity contribution in [2.24, 2.45) is 0 Å². The molecule has 16 heavy (non-hydrogen) atoms. The van der Waals surface area contributed by atoms with Gasteiger partial charge in [0.15, 0.2) is 0 Å². The first-order valence-corrected chi connectivity index (χ1v) is 5.01. The molecule has 1 heteroatoms. The zero-order valence-electron chi connectivity index (χ0n) is 8.49. The topological polar surface area (TPSA) is 12.9 Å². The molecule has 0 spiro atoms. The van der Waals surface area contributed by atoms with Crippen molar-refractivity contribution in [3.05, 3.63) is 60.6 Å². The summed E-state index contributed by atoms with van der Waals surface area (Å²) in [6, 6.07) is 14.7. The number of aromatic nitrogens is 1. The first kappa shape index (κ1) is 8.94. The van der Waals surface area contributed by atoms with E-state index in [9.17, 15) is 0 Å². The van der Waals surface area contributed by atoms with E-state index in [0.717, 1.165) is 21.7 Å². The van der Waals surface area contributed by atoms with Crippen molar-refractivity contribution >= 4 is 21.7 Å². The number of rotatable bonds is 0. The zero-order chi connectivity index (χ0) is 11.0. The van der Waals surface area contributed by atoms with E-state index in [1.54, 1.807) is 6.07 Å². The Labute approximate surface area is 93.7 Å². The standard InChI is InChI=1S/C15H7N/c1-2-11-7-5-9-14-15(11)13-8-4-3-6-12(13)10-16-14/h3-6,8-10H. The second-order valence-corrected chi connectivity index (χ2v) is 3.58. The van der Waals surface area contributed by atoms with E-state index in [1.165, 1.54) is 0 Å². The molecule has 0 bridgehead atoms. The molecule has 72 valence electrons. The number of hydrogen-bond acceptors (Lipinski definition) is 1. The predicted octanol–water partition coefficient (Wildman–Crippen LogP) is 3.13. The highest BCUT2D eigenvalue weighted by molar-refractivity contribution is 6.07. The van der Waals surface area contributed by atoms with Gasteiger partial charge in [-0.1, -0.05) is 36.3 Å². The lowest BCUT2D eigenvalue weighted by atomic mass is 10.0. The fraction of sp³-hybridized carbons (Fsp3) is 0. The number of benzene rings is 2. The maximum absolute atomic E-state index is 7.29. The highest BCUT2D eigenvalue weighted by Crippen LogP contribution is 2.25. The van der Waals surface area contributed by atoms with Crippen LogP contribution in [0.3, 0.4) is 0 Å². The van der Waals surface area contributed by atoms with Gasteiger partial charge in [-0.05, 0) is 23.9 Å². The Hall–Kier alpha value is -2.33. The molecule has 2 aromatic carbocycles. The van der Waals surface area contributed by atoms with E-state index in [4.69, 9.17) is 6.42 Å². The van der Waals surface area contributed by atoms with Crippen LogP contribution < -0.4 is 0 Å². The van der Waals surface area contributed by atoms with Crippen LogP contribution in [-0.2, 0) is 0 Å².